The Kier molecular flexibility index (Phi) is 1.90. The summed E-state index contributed by atoms with van der Waals surface area (Å²) in [5.74, 6) is -0.111. The lowest BCUT2D eigenvalue weighted by molar-refractivity contribution is 0.575. The van der Waals surface area contributed by atoms with Crippen molar-refractivity contribution >= 4 is 5.69 Å². The van der Waals surface area contributed by atoms with Crippen molar-refractivity contribution in [1.29, 1.82) is 5.26 Å². The first-order valence-electron chi connectivity index (χ1n) is 5.33. The van der Waals surface area contributed by atoms with Gasteiger partial charge in [-0.15, -0.1) is 0 Å². The second-order valence-electron chi connectivity index (χ2n) is 4.56. The summed E-state index contributed by atoms with van der Waals surface area (Å²) in [7, 11) is 0. The molecule has 4 heteroatoms. The molecular formula is C12H10F2N2. The van der Waals surface area contributed by atoms with E-state index in [1.807, 2.05) is 4.90 Å². The van der Waals surface area contributed by atoms with Crippen LogP contribution in [0.25, 0.3) is 0 Å². The predicted molar refractivity (Wildman–Crippen MR) is 54.9 cm³/mol. The van der Waals surface area contributed by atoms with Gasteiger partial charge in [-0.05, 0) is 30.4 Å². The Morgan fingerprint density at radius 2 is 1.75 bits per heavy atom. The van der Waals surface area contributed by atoms with Crippen molar-refractivity contribution in [2.24, 2.45) is 11.8 Å². The third-order valence-electron chi connectivity index (χ3n) is 3.48. The van der Waals surface area contributed by atoms with E-state index >= 15 is 0 Å². The highest BCUT2D eigenvalue weighted by molar-refractivity contribution is 5.52. The molecular weight excluding hydrogens is 210 g/mol. The number of hydrogen-bond acceptors (Lipinski definition) is 2. The Morgan fingerprint density at radius 3 is 2.25 bits per heavy atom. The average molecular weight is 220 g/mol. The minimum atomic E-state index is -0.766. The number of hydrogen-bond donors (Lipinski definition) is 0. The normalized spacial score (nSPS) is 26.4. The molecule has 1 aliphatic carbocycles. The van der Waals surface area contributed by atoms with E-state index in [0.29, 0.717) is 17.5 Å². The maximum atomic E-state index is 13.4. The van der Waals surface area contributed by atoms with Gasteiger partial charge >= 0.3 is 0 Å². The molecule has 2 fully saturated rings. The summed E-state index contributed by atoms with van der Waals surface area (Å²) in [6.45, 7) is 1.77. The van der Waals surface area contributed by atoms with Gasteiger partial charge in [0.15, 0.2) is 0 Å². The summed E-state index contributed by atoms with van der Waals surface area (Å²) in [5, 5.41) is 8.56. The maximum absolute atomic E-state index is 13.4. The number of nitriles is 1. The summed E-state index contributed by atoms with van der Waals surface area (Å²) < 4.78 is 26.8. The molecule has 16 heavy (non-hydrogen) atoms. The zero-order valence-corrected chi connectivity index (χ0v) is 8.58. The molecule has 1 aromatic carbocycles. The van der Waals surface area contributed by atoms with E-state index in [0.717, 1.165) is 13.1 Å². The van der Waals surface area contributed by atoms with Gasteiger partial charge in [0.25, 0.3) is 0 Å². The number of fused-ring (bicyclic) bond motifs is 1. The molecule has 0 spiro atoms. The van der Waals surface area contributed by atoms with Crippen molar-refractivity contribution in [2.75, 3.05) is 18.0 Å². The topological polar surface area (TPSA) is 27.0 Å². The summed E-state index contributed by atoms with van der Waals surface area (Å²) in [6, 6.07) is 4.04. The minimum Gasteiger partial charge on any atom is -0.371 e. The summed E-state index contributed by atoms with van der Waals surface area (Å²) >= 11 is 0. The molecule has 1 aliphatic heterocycles. The number of anilines is 1. The molecule has 0 amide bonds. The summed E-state index contributed by atoms with van der Waals surface area (Å²) in [4.78, 5) is 1.99. The zero-order valence-electron chi connectivity index (χ0n) is 8.58. The average Bonchev–Trinajstić information content (AvgIpc) is 2.85. The molecule has 0 aromatic heterocycles. The van der Waals surface area contributed by atoms with Crippen molar-refractivity contribution < 1.29 is 8.78 Å². The quantitative estimate of drug-likeness (QED) is 0.726. The van der Waals surface area contributed by atoms with Gasteiger partial charge in [0, 0.05) is 18.8 Å². The number of nitrogens with zero attached hydrogens (tertiary/aromatic N) is 2. The van der Waals surface area contributed by atoms with Crippen LogP contribution in [-0.2, 0) is 0 Å². The van der Waals surface area contributed by atoms with Crippen LogP contribution in [0.2, 0.25) is 0 Å². The third kappa shape index (κ3) is 1.35. The molecule has 1 heterocycles. The second kappa shape index (κ2) is 3.18. The Hall–Kier alpha value is -1.63. The minimum absolute atomic E-state index is 0.492. The smallest absolute Gasteiger partial charge is 0.146 e. The molecule has 2 nitrogen and oxygen atoms in total. The van der Waals surface area contributed by atoms with Crippen molar-refractivity contribution in [3.63, 3.8) is 0 Å². The molecule has 1 saturated heterocycles. The van der Waals surface area contributed by atoms with E-state index in [9.17, 15) is 8.78 Å². The monoisotopic (exact) mass is 220 g/mol. The van der Waals surface area contributed by atoms with Crippen LogP contribution in [0.5, 0.6) is 0 Å². The summed E-state index contributed by atoms with van der Waals surface area (Å²) in [5.41, 5.74) is 0.0642. The van der Waals surface area contributed by atoms with Crippen LogP contribution >= 0.6 is 0 Å². The predicted octanol–water partition coefficient (Wildman–Crippen LogP) is 2.29. The Labute approximate surface area is 92.1 Å². The van der Waals surface area contributed by atoms with E-state index in [-0.39, 0.29) is 0 Å². The van der Waals surface area contributed by atoms with Crippen LogP contribution in [0.15, 0.2) is 12.1 Å². The molecule has 82 valence electrons. The van der Waals surface area contributed by atoms with Gasteiger partial charge in [-0.1, -0.05) is 0 Å². The lowest BCUT2D eigenvalue weighted by Gasteiger charge is -2.20. The molecule has 1 saturated carbocycles. The highest BCUT2D eigenvalue weighted by atomic mass is 19.1. The number of benzene rings is 1. The largest absolute Gasteiger partial charge is 0.371 e. The fourth-order valence-corrected chi connectivity index (χ4v) is 2.46. The summed E-state index contributed by atoms with van der Waals surface area (Å²) in [6.07, 6.45) is 1.25. The van der Waals surface area contributed by atoms with Gasteiger partial charge in [-0.2, -0.15) is 5.26 Å². The first kappa shape index (κ1) is 9.59. The van der Waals surface area contributed by atoms with Crippen molar-refractivity contribution in [1.82, 2.24) is 0 Å². The molecule has 0 N–H and O–H groups in total. The first-order chi connectivity index (χ1) is 7.69. The molecule has 3 rings (SSSR count). The fourth-order valence-electron chi connectivity index (χ4n) is 2.46. The highest BCUT2D eigenvalue weighted by Gasteiger charge is 2.45. The van der Waals surface area contributed by atoms with Crippen LogP contribution in [0, 0.1) is 34.8 Å². The zero-order chi connectivity index (χ0) is 11.3. The van der Waals surface area contributed by atoms with E-state index in [1.165, 1.54) is 24.6 Å². The SMILES string of the molecule is N#Cc1c(F)cc(N2CC3CC3C2)cc1F. The molecule has 1 aromatic rings. The van der Waals surface area contributed by atoms with Gasteiger partial charge in [-0.25, -0.2) is 8.78 Å². The fraction of sp³-hybridized carbons (Fsp3) is 0.417. The first-order valence-corrected chi connectivity index (χ1v) is 5.33. The van der Waals surface area contributed by atoms with Gasteiger partial charge < -0.3 is 4.90 Å². The highest BCUT2D eigenvalue weighted by Crippen LogP contribution is 2.46. The van der Waals surface area contributed by atoms with Crippen LogP contribution in [0.4, 0.5) is 14.5 Å². The van der Waals surface area contributed by atoms with Crippen LogP contribution in [0.3, 0.4) is 0 Å². The van der Waals surface area contributed by atoms with Crippen molar-refractivity contribution in [2.45, 2.75) is 6.42 Å². The van der Waals surface area contributed by atoms with Crippen LogP contribution in [0.1, 0.15) is 12.0 Å². The Bertz CT molecular complexity index is 459. The standard InChI is InChI=1S/C12H10F2N2/c13-11-2-9(3-12(14)10(11)4-15)16-5-7-1-8(7)6-16/h2-3,7-8H,1,5-6H2. The van der Waals surface area contributed by atoms with Gasteiger partial charge in [0.2, 0.25) is 0 Å². The third-order valence-corrected chi connectivity index (χ3v) is 3.48. The van der Waals surface area contributed by atoms with Gasteiger partial charge in [-0.3, -0.25) is 0 Å². The maximum Gasteiger partial charge on any atom is 0.146 e. The van der Waals surface area contributed by atoms with Crippen LogP contribution in [-0.4, -0.2) is 13.1 Å². The molecule has 0 bridgehead atoms. The van der Waals surface area contributed by atoms with E-state index in [4.69, 9.17) is 5.26 Å². The number of halogens is 2. The Morgan fingerprint density at radius 1 is 1.19 bits per heavy atom. The van der Waals surface area contributed by atoms with Crippen LogP contribution < -0.4 is 4.90 Å². The van der Waals surface area contributed by atoms with E-state index in [2.05, 4.69) is 0 Å². The van der Waals surface area contributed by atoms with Crippen molar-refractivity contribution in [3.05, 3.63) is 29.3 Å². The molecule has 2 aliphatic rings. The molecule has 0 radical (unpaired) electrons. The lowest BCUT2D eigenvalue weighted by atomic mass is 10.2. The molecule has 2 atom stereocenters. The van der Waals surface area contributed by atoms with Gasteiger partial charge in [0.1, 0.15) is 23.3 Å². The molecule has 2 unspecified atom stereocenters. The number of rotatable bonds is 1. The van der Waals surface area contributed by atoms with Crippen molar-refractivity contribution in [3.8, 4) is 6.07 Å². The van der Waals surface area contributed by atoms with E-state index < -0.39 is 17.2 Å². The van der Waals surface area contributed by atoms with Gasteiger partial charge in [0.05, 0.1) is 0 Å². The number of piperidine rings is 1. The van der Waals surface area contributed by atoms with E-state index in [1.54, 1.807) is 0 Å². The lowest BCUT2D eigenvalue weighted by Crippen LogP contribution is -2.22. The Balaban J connectivity index is 1.94. The second-order valence-corrected chi connectivity index (χ2v) is 4.56.